The van der Waals surface area contributed by atoms with Crippen molar-refractivity contribution >= 4 is 17.6 Å². The number of oxazole rings is 1. The van der Waals surface area contributed by atoms with Gasteiger partial charge in [-0.2, -0.15) is 0 Å². The van der Waals surface area contributed by atoms with Crippen LogP contribution in [0.5, 0.6) is 0 Å². The highest BCUT2D eigenvalue weighted by molar-refractivity contribution is 7.99. The zero-order valence-electron chi connectivity index (χ0n) is 6.54. The smallest absolute Gasteiger partial charge is 0.262 e. The molecule has 2 aromatic rings. The Hall–Kier alpha value is -1.56. The van der Waals surface area contributed by atoms with E-state index in [0.717, 1.165) is 0 Å². The van der Waals surface area contributed by atoms with Crippen LogP contribution in [-0.4, -0.2) is 15.0 Å². The molecule has 2 N–H and O–H groups in total. The van der Waals surface area contributed by atoms with Crippen LogP contribution in [0.1, 0.15) is 0 Å². The molecule has 0 fully saturated rings. The second kappa shape index (κ2) is 3.44. The third-order valence-electron chi connectivity index (χ3n) is 1.28. The standard InChI is InChI=1S/C7H6N4OS/c8-5-6(10-2-1-9-5)13-7-11-3-4-12-7/h1-4H,(H2,8,9). The predicted octanol–water partition coefficient (Wildman–Crippen LogP) is 1.20. The Morgan fingerprint density at radius 2 is 2.00 bits per heavy atom. The van der Waals surface area contributed by atoms with Crippen molar-refractivity contribution in [1.29, 1.82) is 0 Å². The lowest BCUT2D eigenvalue weighted by atomic mass is 10.7. The summed E-state index contributed by atoms with van der Waals surface area (Å²) in [6.07, 6.45) is 6.17. The number of nitrogens with zero attached hydrogens (tertiary/aromatic N) is 3. The summed E-state index contributed by atoms with van der Waals surface area (Å²) in [5.74, 6) is 0.380. The van der Waals surface area contributed by atoms with Crippen LogP contribution in [0.15, 0.2) is 39.5 Å². The van der Waals surface area contributed by atoms with Gasteiger partial charge in [-0.3, -0.25) is 0 Å². The van der Waals surface area contributed by atoms with Gasteiger partial charge in [0.15, 0.2) is 5.82 Å². The molecule has 13 heavy (non-hydrogen) atoms. The molecule has 2 heterocycles. The van der Waals surface area contributed by atoms with E-state index in [-0.39, 0.29) is 0 Å². The summed E-state index contributed by atoms with van der Waals surface area (Å²) in [5, 5.41) is 1.11. The highest BCUT2D eigenvalue weighted by atomic mass is 32.2. The fourth-order valence-electron chi connectivity index (χ4n) is 0.758. The summed E-state index contributed by atoms with van der Waals surface area (Å²) in [6, 6.07) is 0. The summed E-state index contributed by atoms with van der Waals surface area (Å²) in [5.41, 5.74) is 5.57. The van der Waals surface area contributed by atoms with E-state index in [1.807, 2.05) is 0 Å². The summed E-state index contributed by atoms with van der Waals surface area (Å²) in [6.45, 7) is 0. The van der Waals surface area contributed by atoms with Crippen molar-refractivity contribution in [1.82, 2.24) is 15.0 Å². The van der Waals surface area contributed by atoms with Crippen LogP contribution in [0.2, 0.25) is 0 Å². The monoisotopic (exact) mass is 194 g/mol. The molecule has 0 spiro atoms. The minimum atomic E-state index is 0.380. The van der Waals surface area contributed by atoms with E-state index < -0.39 is 0 Å². The molecule has 0 aliphatic carbocycles. The minimum absolute atomic E-state index is 0.380. The Balaban J connectivity index is 2.24. The first kappa shape index (κ1) is 8.06. The Morgan fingerprint density at radius 1 is 1.15 bits per heavy atom. The van der Waals surface area contributed by atoms with Crippen molar-refractivity contribution in [2.45, 2.75) is 10.2 Å². The van der Waals surface area contributed by atoms with Gasteiger partial charge < -0.3 is 10.2 Å². The number of nitrogen functional groups attached to an aromatic ring is 1. The molecule has 0 atom stereocenters. The number of aromatic nitrogens is 3. The molecule has 0 amide bonds. The largest absolute Gasteiger partial charge is 0.440 e. The Kier molecular flexibility index (Phi) is 2.13. The molecular weight excluding hydrogens is 188 g/mol. The van der Waals surface area contributed by atoms with Crippen molar-refractivity contribution in [2.24, 2.45) is 0 Å². The molecule has 5 nitrogen and oxygen atoms in total. The van der Waals surface area contributed by atoms with Gasteiger partial charge in [-0.15, -0.1) is 0 Å². The van der Waals surface area contributed by atoms with Crippen molar-refractivity contribution in [3.8, 4) is 0 Å². The summed E-state index contributed by atoms with van der Waals surface area (Å²) in [4.78, 5) is 11.8. The second-order valence-corrected chi connectivity index (χ2v) is 3.09. The number of nitrogens with two attached hydrogens (primary N) is 1. The van der Waals surface area contributed by atoms with Crippen LogP contribution in [0.3, 0.4) is 0 Å². The Labute approximate surface area is 78.4 Å². The molecule has 0 unspecified atom stereocenters. The van der Waals surface area contributed by atoms with E-state index in [4.69, 9.17) is 10.2 Å². The Morgan fingerprint density at radius 3 is 2.69 bits per heavy atom. The maximum absolute atomic E-state index is 5.57. The van der Waals surface area contributed by atoms with E-state index >= 15 is 0 Å². The van der Waals surface area contributed by atoms with E-state index in [0.29, 0.717) is 16.1 Å². The average molecular weight is 194 g/mol. The van der Waals surface area contributed by atoms with Crippen molar-refractivity contribution < 1.29 is 4.42 Å². The molecule has 6 heteroatoms. The number of anilines is 1. The van der Waals surface area contributed by atoms with Crippen LogP contribution in [-0.2, 0) is 0 Å². The summed E-state index contributed by atoms with van der Waals surface area (Å²) < 4.78 is 5.02. The van der Waals surface area contributed by atoms with Crippen LogP contribution in [0, 0.1) is 0 Å². The molecule has 0 radical (unpaired) electrons. The van der Waals surface area contributed by atoms with Gasteiger partial charge in [0, 0.05) is 12.4 Å². The molecule has 2 aromatic heterocycles. The van der Waals surface area contributed by atoms with E-state index in [2.05, 4.69) is 15.0 Å². The topological polar surface area (TPSA) is 77.8 Å². The van der Waals surface area contributed by atoms with E-state index in [1.54, 1.807) is 12.4 Å². The minimum Gasteiger partial charge on any atom is -0.440 e. The van der Waals surface area contributed by atoms with Gasteiger partial charge in [0.2, 0.25) is 0 Å². The SMILES string of the molecule is Nc1nccnc1Sc1ncco1. The molecule has 0 bridgehead atoms. The zero-order chi connectivity index (χ0) is 9.10. The summed E-state index contributed by atoms with van der Waals surface area (Å²) in [7, 11) is 0. The molecule has 0 aliphatic heterocycles. The molecule has 0 saturated heterocycles. The highest BCUT2D eigenvalue weighted by Crippen LogP contribution is 2.26. The molecular formula is C7H6N4OS. The maximum Gasteiger partial charge on any atom is 0.262 e. The van der Waals surface area contributed by atoms with Crippen LogP contribution < -0.4 is 5.73 Å². The quantitative estimate of drug-likeness (QED) is 0.773. The Bertz CT molecular complexity index is 389. The number of hydrogen-bond acceptors (Lipinski definition) is 6. The number of rotatable bonds is 2. The van der Waals surface area contributed by atoms with E-state index in [9.17, 15) is 0 Å². The predicted molar refractivity (Wildman–Crippen MR) is 47.1 cm³/mol. The first-order valence-electron chi connectivity index (χ1n) is 3.50. The fraction of sp³-hybridized carbons (Fsp3) is 0. The molecule has 0 saturated carbocycles. The molecule has 0 aliphatic rings. The van der Waals surface area contributed by atoms with Gasteiger partial charge in [-0.25, -0.2) is 15.0 Å². The lowest BCUT2D eigenvalue weighted by molar-refractivity contribution is 0.454. The van der Waals surface area contributed by atoms with Crippen LogP contribution in [0.4, 0.5) is 5.82 Å². The maximum atomic E-state index is 5.57. The molecule has 0 aromatic carbocycles. The van der Waals surface area contributed by atoms with Gasteiger partial charge in [0.05, 0.1) is 6.20 Å². The summed E-state index contributed by atoms with van der Waals surface area (Å²) >= 11 is 1.24. The van der Waals surface area contributed by atoms with Crippen molar-refractivity contribution in [3.63, 3.8) is 0 Å². The first-order valence-corrected chi connectivity index (χ1v) is 4.32. The second-order valence-electron chi connectivity index (χ2n) is 2.15. The average Bonchev–Trinajstić information content (AvgIpc) is 2.61. The molecule has 66 valence electrons. The van der Waals surface area contributed by atoms with E-state index in [1.165, 1.54) is 24.2 Å². The highest BCUT2D eigenvalue weighted by Gasteiger charge is 2.06. The lowest BCUT2D eigenvalue weighted by Crippen LogP contribution is -1.94. The van der Waals surface area contributed by atoms with Gasteiger partial charge in [0.1, 0.15) is 11.3 Å². The van der Waals surface area contributed by atoms with Crippen LogP contribution in [0.25, 0.3) is 0 Å². The lowest BCUT2D eigenvalue weighted by Gasteiger charge is -1.97. The normalized spacial score (nSPS) is 10.2. The zero-order valence-corrected chi connectivity index (χ0v) is 7.36. The first-order chi connectivity index (χ1) is 6.36. The fourth-order valence-corrected chi connectivity index (χ4v) is 1.41. The third kappa shape index (κ3) is 1.78. The van der Waals surface area contributed by atoms with Gasteiger partial charge >= 0.3 is 0 Å². The van der Waals surface area contributed by atoms with Gasteiger partial charge in [-0.05, 0) is 11.8 Å². The molecule has 2 rings (SSSR count). The van der Waals surface area contributed by atoms with Gasteiger partial charge in [0.25, 0.3) is 5.22 Å². The van der Waals surface area contributed by atoms with Crippen molar-refractivity contribution in [3.05, 3.63) is 24.9 Å². The number of hydrogen-bond donors (Lipinski definition) is 1. The van der Waals surface area contributed by atoms with Crippen molar-refractivity contribution in [2.75, 3.05) is 5.73 Å². The van der Waals surface area contributed by atoms with Gasteiger partial charge in [-0.1, -0.05) is 0 Å². The third-order valence-corrected chi connectivity index (χ3v) is 2.17. The van der Waals surface area contributed by atoms with Crippen LogP contribution >= 0.6 is 11.8 Å².